The molecule has 2 N–H and O–H groups in total. The smallest absolute Gasteiger partial charge is 0.337 e. The van der Waals surface area contributed by atoms with Crippen molar-refractivity contribution >= 4 is 17.4 Å². The Kier molecular flexibility index (Phi) is 7.20. The number of nitrogens with one attached hydrogen (secondary N) is 1. The average molecular weight is 548 g/mol. The molecular weight excluding hydrogens is 509 g/mol. The molecule has 5 rings (SSSR count). The number of nitrogens with zero attached hydrogens (tertiary/aromatic N) is 4. The number of aryl methyl sites for hydroxylation is 1. The third kappa shape index (κ3) is 5.89. The summed E-state index contributed by atoms with van der Waals surface area (Å²) >= 11 is 0. The number of aliphatic carboxylic acids is 1. The van der Waals surface area contributed by atoms with Crippen LogP contribution in [-0.2, 0) is 16.0 Å². The number of anilines is 1. The SMILES string of the molecule is Cc1cc2nc(-c3ncc(Cc4ccc(F)cc4)[nH]3)cn2c(N2CCC(C)(C)CC2)c1[C@H](OC(C)(C)C)C(=O)O. The van der Waals surface area contributed by atoms with Gasteiger partial charge in [-0.1, -0.05) is 26.0 Å². The van der Waals surface area contributed by atoms with Gasteiger partial charge >= 0.3 is 5.97 Å². The second-order valence-electron chi connectivity index (χ2n) is 12.6. The number of aromatic nitrogens is 4. The van der Waals surface area contributed by atoms with E-state index in [0.29, 0.717) is 29.1 Å². The number of carboxylic acids is 1. The molecule has 0 spiro atoms. The Bertz CT molecular complexity index is 1520. The maximum Gasteiger partial charge on any atom is 0.337 e. The van der Waals surface area contributed by atoms with Crippen molar-refractivity contribution in [2.45, 2.75) is 72.5 Å². The monoisotopic (exact) mass is 547 g/mol. The predicted octanol–water partition coefficient (Wildman–Crippen LogP) is 6.33. The number of fused-ring (bicyclic) bond motifs is 1. The Balaban J connectivity index is 1.59. The lowest BCUT2D eigenvalue weighted by Gasteiger charge is -2.40. The summed E-state index contributed by atoms with van der Waals surface area (Å²) in [4.78, 5) is 27.7. The van der Waals surface area contributed by atoms with Crippen LogP contribution in [0.1, 0.15) is 75.9 Å². The molecule has 1 aliphatic rings. The van der Waals surface area contributed by atoms with Crippen LogP contribution in [0.25, 0.3) is 17.2 Å². The van der Waals surface area contributed by atoms with Gasteiger partial charge < -0.3 is 19.7 Å². The standard InChI is InChI=1S/C31H38FN5O3/c1-19-15-24-35-23(27-33-17-22(34-27)16-20-7-9-21(32)10-8-20)18-37(24)28(36-13-11-31(5,6)12-14-36)25(19)26(29(38)39)40-30(2,3)4/h7-10,15,17-18,26H,11-14,16H2,1-6H3,(H,33,34)(H,38,39)/t26-/m0/s1. The summed E-state index contributed by atoms with van der Waals surface area (Å²) in [5.41, 5.74) is 4.27. The van der Waals surface area contributed by atoms with Crippen LogP contribution < -0.4 is 4.90 Å². The quantitative estimate of drug-likeness (QED) is 0.281. The summed E-state index contributed by atoms with van der Waals surface area (Å²) in [6.07, 6.45) is 5.13. The molecule has 9 heteroatoms. The normalized spacial score (nSPS) is 16.4. The van der Waals surface area contributed by atoms with Gasteiger partial charge in [0.05, 0.1) is 5.60 Å². The number of H-pyrrole nitrogens is 1. The number of halogens is 1. The fourth-order valence-corrected chi connectivity index (χ4v) is 5.32. The van der Waals surface area contributed by atoms with Crippen molar-refractivity contribution in [3.05, 3.63) is 70.9 Å². The van der Waals surface area contributed by atoms with Crippen LogP contribution in [0, 0.1) is 18.2 Å². The van der Waals surface area contributed by atoms with Gasteiger partial charge in [-0.05, 0) is 75.3 Å². The fraction of sp³-hybridized carbons (Fsp3) is 0.452. The number of piperidine rings is 1. The Morgan fingerprint density at radius 1 is 1.20 bits per heavy atom. The third-order valence-electron chi connectivity index (χ3n) is 7.53. The molecule has 0 unspecified atom stereocenters. The van der Waals surface area contributed by atoms with Crippen LogP contribution in [0.4, 0.5) is 10.2 Å². The number of ether oxygens (including phenoxy) is 1. The van der Waals surface area contributed by atoms with Gasteiger partial charge in [-0.3, -0.25) is 4.40 Å². The summed E-state index contributed by atoms with van der Waals surface area (Å²) in [6.45, 7) is 13.7. The van der Waals surface area contributed by atoms with Crippen molar-refractivity contribution < 1.29 is 19.0 Å². The first kappa shape index (κ1) is 27.8. The molecule has 1 aromatic carbocycles. The van der Waals surface area contributed by atoms with Crippen LogP contribution >= 0.6 is 0 Å². The van der Waals surface area contributed by atoms with Gasteiger partial charge in [0, 0.05) is 43.2 Å². The van der Waals surface area contributed by atoms with E-state index in [4.69, 9.17) is 9.72 Å². The molecule has 8 nitrogen and oxygen atoms in total. The Hall–Kier alpha value is -3.72. The molecule has 1 atom stereocenters. The Morgan fingerprint density at radius 2 is 1.88 bits per heavy atom. The van der Waals surface area contributed by atoms with Gasteiger partial charge in [-0.2, -0.15) is 0 Å². The zero-order chi connectivity index (χ0) is 28.8. The third-order valence-corrected chi connectivity index (χ3v) is 7.53. The van der Waals surface area contributed by atoms with E-state index in [1.54, 1.807) is 18.3 Å². The fourth-order valence-electron chi connectivity index (χ4n) is 5.32. The van der Waals surface area contributed by atoms with E-state index in [9.17, 15) is 14.3 Å². The number of carbonyl (C=O) groups is 1. The van der Waals surface area contributed by atoms with Gasteiger partial charge in [-0.15, -0.1) is 0 Å². The maximum absolute atomic E-state index is 13.3. The van der Waals surface area contributed by atoms with Crippen molar-refractivity contribution in [2.24, 2.45) is 5.41 Å². The molecular formula is C31H38FN5O3. The van der Waals surface area contributed by atoms with E-state index >= 15 is 0 Å². The molecule has 0 saturated carbocycles. The number of hydrogen-bond donors (Lipinski definition) is 2. The Labute approximate surface area is 234 Å². The maximum atomic E-state index is 13.3. The van der Waals surface area contributed by atoms with E-state index < -0.39 is 17.7 Å². The van der Waals surface area contributed by atoms with E-state index in [1.165, 1.54) is 12.1 Å². The molecule has 1 fully saturated rings. The lowest BCUT2D eigenvalue weighted by atomic mass is 9.82. The highest BCUT2D eigenvalue weighted by Gasteiger charge is 2.35. The molecule has 1 saturated heterocycles. The molecule has 0 radical (unpaired) electrons. The molecule has 4 aromatic rings. The minimum absolute atomic E-state index is 0.225. The molecule has 0 aliphatic carbocycles. The number of benzene rings is 1. The number of rotatable bonds is 7. The average Bonchev–Trinajstić information content (AvgIpc) is 3.50. The van der Waals surface area contributed by atoms with Crippen molar-refractivity contribution in [2.75, 3.05) is 18.0 Å². The predicted molar refractivity (Wildman–Crippen MR) is 153 cm³/mol. The number of aromatic amines is 1. The van der Waals surface area contributed by atoms with Gasteiger partial charge in [-0.25, -0.2) is 19.2 Å². The number of carboxylic acid groups (broad SMARTS) is 1. The minimum Gasteiger partial charge on any atom is -0.479 e. The largest absolute Gasteiger partial charge is 0.479 e. The van der Waals surface area contributed by atoms with Gasteiger partial charge in [0.1, 0.15) is 23.0 Å². The number of imidazole rings is 2. The van der Waals surface area contributed by atoms with Crippen molar-refractivity contribution in [1.29, 1.82) is 0 Å². The molecule has 4 heterocycles. The molecule has 3 aromatic heterocycles. The lowest BCUT2D eigenvalue weighted by Crippen LogP contribution is -2.40. The van der Waals surface area contributed by atoms with Crippen LogP contribution in [0.2, 0.25) is 0 Å². The van der Waals surface area contributed by atoms with E-state index in [-0.39, 0.29) is 11.2 Å². The van der Waals surface area contributed by atoms with E-state index in [2.05, 4.69) is 28.7 Å². The van der Waals surface area contributed by atoms with Gasteiger partial charge in [0.25, 0.3) is 0 Å². The lowest BCUT2D eigenvalue weighted by molar-refractivity contribution is -0.160. The second-order valence-corrected chi connectivity index (χ2v) is 12.6. The Morgan fingerprint density at radius 3 is 2.50 bits per heavy atom. The summed E-state index contributed by atoms with van der Waals surface area (Å²) in [5, 5.41) is 10.3. The van der Waals surface area contributed by atoms with Crippen molar-refractivity contribution in [1.82, 2.24) is 19.4 Å². The molecule has 0 amide bonds. The molecule has 1 aliphatic heterocycles. The highest BCUT2D eigenvalue weighted by Crippen LogP contribution is 2.40. The first-order chi connectivity index (χ1) is 18.8. The topological polar surface area (TPSA) is 95.8 Å². The first-order valence-corrected chi connectivity index (χ1v) is 13.8. The summed E-state index contributed by atoms with van der Waals surface area (Å²) in [6, 6.07) is 8.34. The van der Waals surface area contributed by atoms with Crippen molar-refractivity contribution in [3.8, 4) is 11.5 Å². The highest BCUT2D eigenvalue weighted by molar-refractivity contribution is 5.79. The zero-order valence-corrected chi connectivity index (χ0v) is 24.1. The molecule has 0 bridgehead atoms. The second kappa shape index (κ2) is 10.4. The van der Waals surface area contributed by atoms with E-state index in [1.807, 2.05) is 44.4 Å². The van der Waals surface area contributed by atoms with Crippen LogP contribution in [0.3, 0.4) is 0 Å². The summed E-state index contributed by atoms with van der Waals surface area (Å²) in [7, 11) is 0. The van der Waals surface area contributed by atoms with Crippen molar-refractivity contribution in [3.63, 3.8) is 0 Å². The zero-order valence-electron chi connectivity index (χ0n) is 24.1. The minimum atomic E-state index is -1.13. The molecule has 212 valence electrons. The highest BCUT2D eigenvalue weighted by atomic mass is 19.1. The van der Waals surface area contributed by atoms with Crippen LogP contribution in [0.15, 0.2) is 42.7 Å². The van der Waals surface area contributed by atoms with Gasteiger partial charge in [0.2, 0.25) is 0 Å². The van der Waals surface area contributed by atoms with Crippen LogP contribution in [-0.4, -0.2) is 49.1 Å². The van der Waals surface area contributed by atoms with E-state index in [0.717, 1.165) is 48.6 Å². The summed E-state index contributed by atoms with van der Waals surface area (Å²) in [5.74, 6) is 0.137. The number of pyridine rings is 1. The van der Waals surface area contributed by atoms with Crippen LogP contribution in [0.5, 0.6) is 0 Å². The molecule has 40 heavy (non-hydrogen) atoms. The first-order valence-electron chi connectivity index (χ1n) is 13.8. The summed E-state index contributed by atoms with van der Waals surface area (Å²) < 4.78 is 21.4. The number of hydrogen-bond acceptors (Lipinski definition) is 5. The van der Waals surface area contributed by atoms with Gasteiger partial charge in [0.15, 0.2) is 11.9 Å².